The lowest BCUT2D eigenvalue weighted by molar-refractivity contribution is -0.145. The fourth-order valence-corrected chi connectivity index (χ4v) is 7.27. The van der Waals surface area contributed by atoms with E-state index >= 15 is 0 Å². The fourth-order valence-electron chi connectivity index (χ4n) is 5.26. The summed E-state index contributed by atoms with van der Waals surface area (Å²) in [7, 11) is 0. The molecule has 3 aliphatic rings. The van der Waals surface area contributed by atoms with Gasteiger partial charge in [-0.15, -0.1) is 11.8 Å². The van der Waals surface area contributed by atoms with Gasteiger partial charge in [0, 0.05) is 28.6 Å². The molecule has 3 saturated heterocycles. The highest BCUT2D eigenvalue weighted by Gasteiger charge is 2.67. The number of ether oxygens (including phenoxy) is 1. The highest BCUT2D eigenvalue weighted by Crippen LogP contribution is 2.52. The summed E-state index contributed by atoms with van der Waals surface area (Å²) in [6, 6.07) is 12.7. The van der Waals surface area contributed by atoms with Crippen LogP contribution in [0.3, 0.4) is 0 Å². The zero-order chi connectivity index (χ0) is 25.7. The lowest BCUT2D eigenvalue weighted by atomic mass is 9.86. The number of anilines is 1. The molecular weight excluding hydrogens is 523 g/mol. The number of carbonyl (C=O) groups excluding carboxylic acids is 3. The van der Waals surface area contributed by atoms with Gasteiger partial charge in [-0.25, -0.2) is 9.69 Å². The van der Waals surface area contributed by atoms with Crippen molar-refractivity contribution in [3.05, 3.63) is 63.6 Å². The predicted octanol–water partition coefficient (Wildman–Crippen LogP) is 3.98. The van der Waals surface area contributed by atoms with E-state index in [1.165, 1.54) is 30.0 Å². The number of urea groups is 1. The molecule has 3 amide bonds. The van der Waals surface area contributed by atoms with Crippen LogP contribution < -0.4 is 10.2 Å². The van der Waals surface area contributed by atoms with Crippen molar-refractivity contribution >= 4 is 58.6 Å². The number of hydrogen-bond acceptors (Lipinski definition) is 7. The first-order valence-electron chi connectivity index (χ1n) is 11.4. The number of carbonyl (C=O) groups is 3. The second-order valence-corrected chi connectivity index (χ2v) is 11.4. The molecule has 186 valence electrons. The number of halogens is 2. The summed E-state index contributed by atoms with van der Waals surface area (Å²) >= 11 is 13.9. The van der Waals surface area contributed by atoms with E-state index in [1.54, 1.807) is 36.1 Å². The maximum atomic E-state index is 14.1. The van der Waals surface area contributed by atoms with Crippen molar-refractivity contribution in [3.8, 4) is 6.07 Å². The number of nitrogens with one attached hydrogen (secondary N) is 1. The third-order valence-electron chi connectivity index (χ3n) is 6.75. The summed E-state index contributed by atoms with van der Waals surface area (Å²) in [6.45, 7) is 2.26. The lowest BCUT2D eigenvalue weighted by Crippen LogP contribution is -2.50. The number of benzene rings is 2. The highest BCUT2D eigenvalue weighted by atomic mass is 35.5. The molecule has 2 aromatic carbocycles. The molecule has 1 N–H and O–H groups in total. The Morgan fingerprint density at radius 3 is 2.56 bits per heavy atom. The smallest absolute Gasteiger partial charge is 0.332 e. The molecule has 0 unspecified atom stereocenters. The Morgan fingerprint density at radius 2 is 1.92 bits per heavy atom. The van der Waals surface area contributed by atoms with Gasteiger partial charge < -0.3 is 9.64 Å². The average Bonchev–Trinajstić information content (AvgIpc) is 3.45. The number of nitriles is 1. The van der Waals surface area contributed by atoms with Gasteiger partial charge in [-0.05, 0) is 42.8 Å². The maximum absolute atomic E-state index is 14.1. The number of imide groups is 1. The molecule has 3 atom stereocenters. The topological polar surface area (TPSA) is 103 Å². The summed E-state index contributed by atoms with van der Waals surface area (Å²) in [5.74, 6) is -0.243. The number of amides is 3. The molecule has 3 heterocycles. The minimum atomic E-state index is -1.19. The number of nitrogens with zero attached hydrogens (tertiary/aromatic N) is 3. The molecule has 1 spiro atoms. The number of thioether (sulfide) groups is 1. The van der Waals surface area contributed by atoms with E-state index in [-0.39, 0.29) is 31.4 Å². The molecule has 3 aliphatic heterocycles. The predicted molar refractivity (Wildman–Crippen MR) is 137 cm³/mol. The molecule has 0 bridgehead atoms. The van der Waals surface area contributed by atoms with Crippen molar-refractivity contribution < 1.29 is 19.1 Å². The Morgan fingerprint density at radius 1 is 1.22 bits per heavy atom. The van der Waals surface area contributed by atoms with Gasteiger partial charge in [0.15, 0.2) is 0 Å². The average molecular weight is 545 g/mol. The van der Waals surface area contributed by atoms with Crippen molar-refractivity contribution in [1.82, 2.24) is 10.2 Å². The zero-order valence-corrected chi connectivity index (χ0v) is 21.6. The van der Waals surface area contributed by atoms with Crippen LogP contribution in [0.4, 0.5) is 10.5 Å². The molecule has 0 radical (unpaired) electrons. The summed E-state index contributed by atoms with van der Waals surface area (Å²) in [5, 5.41) is 13.1. The quantitative estimate of drug-likeness (QED) is 0.448. The van der Waals surface area contributed by atoms with Crippen molar-refractivity contribution in [2.45, 2.75) is 36.2 Å². The van der Waals surface area contributed by atoms with E-state index in [0.717, 1.165) is 10.5 Å². The van der Waals surface area contributed by atoms with E-state index in [0.29, 0.717) is 33.5 Å². The minimum absolute atomic E-state index is 0.235. The molecule has 5 rings (SSSR count). The van der Waals surface area contributed by atoms with Crippen LogP contribution in [0.15, 0.2) is 42.5 Å². The van der Waals surface area contributed by atoms with E-state index in [9.17, 15) is 14.4 Å². The zero-order valence-electron chi connectivity index (χ0n) is 19.3. The van der Waals surface area contributed by atoms with Crippen molar-refractivity contribution in [2.75, 3.05) is 23.8 Å². The molecule has 11 heteroatoms. The Balaban J connectivity index is 1.52. The second-order valence-electron chi connectivity index (χ2n) is 9.09. The Labute approximate surface area is 222 Å². The number of rotatable bonds is 5. The summed E-state index contributed by atoms with van der Waals surface area (Å²) in [5.41, 5.74) is 0.434. The van der Waals surface area contributed by atoms with Crippen molar-refractivity contribution in [2.24, 2.45) is 0 Å². The first kappa shape index (κ1) is 24.9. The normalized spacial score (nSPS) is 27.0. The van der Waals surface area contributed by atoms with Crippen LogP contribution in [0.2, 0.25) is 10.0 Å². The molecule has 0 aromatic heterocycles. The van der Waals surface area contributed by atoms with E-state index < -0.39 is 22.5 Å². The van der Waals surface area contributed by atoms with Gasteiger partial charge in [0.2, 0.25) is 0 Å². The lowest BCUT2D eigenvalue weighted by Gasteiger charge is -2.29. The summed E-state index contributed by atoms with van der Waals surface area (Å²) in [6.07, 6.45) is 0.554. The Kier molecular flexibility index (Phi) is 6.41. The first-order valence-corrected chi connectivity index (χ1v) is 13.1. The van der Waals surface area contributed by atoms with Crippen LogP contribution in [0.1, 0.15) is 24.5 Å². The number of fused-ring (bicyclic) bond motifs is 1. The maximum Gasteiger partial charge on any atom is 0.332 e. The SMILES string of the molecule is CCOC(=O)[C@H]1CS[C@@]2(CN3C(=O)N(c4cc(Cl)cc(Cl)c4)C(=O)[C@]3(Cc3ccc(C#N)cc3)C2)N1. The van der Waals surface area contributed by atoms with E-state index in [1.807, 2.05) is 0 Å². The van der Waals surface area contributed by atoms with E-state index in [2.05, 4.69) is 11.4 Å². The van der Waals surface area contributed by atoms with Crippen LogP contribution in [0.5, 0.6) is 0 Å². The van der Waals surface area contributed by atoms with Gasteiger partial charge in [-0.3, -0.25) is 14.9 Å². The van der Waals surface area contributed by atoms with Gasteiger partial charge >= 0.3 is 12.0 Å². The summed E-state index contributed by atoms with van der Waals surface area (Å²) in [4.78, 5) is 42.3. The van der Waals surface area contributed by atoms with Crippen LogP contribution in [-0.4, -0.2) is 58.2 Å². The molecule has 36 heavy (non-hydrogen) atoms. The van der Waals surface area contributed by atoms with Crippen molar-refractivity contribution in [1.29, 1.82) is 5.26 Å². The first-order chi connectivity index (χ1) is 17.2. The van der Waals surface area contributed by atoms with Gasteiger partial charge in [0.05, 0.1) is 35.3 Å². The largest absolute Gasteiger partial charge is 0.465 e. The molecule has 8 nitrogen and oxygen atoms in total. The molecule has 3 fully saturated rings. The van der Waals surface area contributed by atoms with Crippen LogP contribution >= 0.6 is 35.0 Å². The third-order valence-corrected chi connectivity index (χ3v) is 8.63. The number of hydrogen-bond donors (Lipinski definition) is 1. The van der Waals surface area contributed by atoms with Gasteiger partial charge in [-0.1, -0.05) is 35.3 Å². The van der Waals surface area contributed by atoms with Crippen molar-refractivity contribution in [3.63, 3.8) is 0 Å². The standard InChI is InChI=1S/C25H22Cl2N4O4S/c1-2-35-21(32)20-12-36-25(29-20)13-24(10-15-3-5-16(11-28)6-4-15)22(33)31(23(34)30(24)14-25)19-8-17(26)7-18(27)9-19/h3-9,20,29H,2,10,12-14H2,1H3/t20-,24+,25+/m1/s1. The van der Waals surface area contributed by atoms with Gasteiger partial charge in [0.25, 0.3) is 5.91 Å². The van der Waals surface area contributed by atoms with Crippen LogP contribution in [0.25, 0.3) is 0 Å². The van der Waals surface area contributed by atoms with E-state index in [4.69, 9.17) is 33.2 Å². The molecule has 2 aromatic rings. The minimum Gasteiger partial charge on any atom is -0.465 e. The molecular formula is C25H22Cl2N4O4S. The highest BCUT2D eigenvalue weighted by molar-refractivity contribution is 8.01. The molecule has 0 saturated carbocycles. The second kappa shape index (κ2) is 9.27. The monoisotopic (exact) mass is 544 g/mol. The van der Waals surface area contributed by atoms with Gasteiger partial charge in [0.1, 0.15) is 11.6 Å². The van der Waals surface area contributed by atoms with Gasteiger partial charge in [-0.2, -0.15) is 5.26 Å². The summed E-state index contributed by atoms with van der Waals surface area (Å²) < 4.78 is 5.18. The van der Waals surface area contributed by atoms with Crippen LogP contribution in [0, 0.1) is 11.3 Å². The number of esters is 1. The fraction of sp³-hybridized carbons (Fsp3) is 0.360. The Bertz CT molecular complexity index is 1280. The van der Waals surface area contributed by atoms with Crippen LogP contribution in [-0.2, 0) is 20.7 Å². The molecule has 0 aliphatic carbocycles. The third kappa shape index (κ3) is 4.12. The Hall–Kier alpha value is -2.77.